The molecule has 0 spiro atoms. The molecule has 0 aliphatic heterocycles. The normalized spacial score (nSPS) is 10.8. The van der Waals surface area contributed by atoms with E-state index in [1.165, 1.54) is 11.3 Å². The number of hydrogen-bond acceptors (Lipinski definition) is 6. The van der Waals surface area contributed by atoms with Crippen molar-refractivity contribution in [2.45, 2.75) is 23.3 Å². The molecule has 0 fully saturated rings. The number of aryl methyl sites for hydroxylation is 1. The van der Waals surface area contributed by atoms with Crippen molar-refractivity contribution in [3.05, 3.63) is 58.9 Å². The molecule has 0 saturated carbocycles. The molecule has 1 aromatic carbocycles. The highest BCUT2D eigenvalue weighted by molar-refractivity contribution is 8.00. The van der Waals surface area contributed by atoms with Crippen LogP contribution in [0.25, 0.3) is 0 Å². The van der Waals surface area contributed by atoms with E-state index >= 15 is 0 Å². The van der Waals surface area contributed by atoms with Crippen molar-refractivity contribution in [3.63, 3.8) is 0 Å². The van der Waals surface area contributed by atoms with Gasteiger partial charge in [-0.25, -0.2) is 9.97 Å². The summed E-state index contributed by atoms with van der Waals surface area (Å²) >= 11 is 8.81. The molecule has 3 rings (SSSR count). The Kier molecular flexibility index (Phi) is 5.55. The maximum absolute atomic E-state index is 12.1. The predicted molar refractivity (Wildman–Crippen MR) is 97.0 cm³/mol. The first-order valence-electron chi connectivity index (χ1n) is 7.23. The summed E-state index contributed by atoms with van der Waals surface area (Å²) in [6.45, 7) is 2.02. The number of anilines is 1. The second-order valence-electron chi connectivity index (χ2n) is 4.81. The molecule has 0 aliphatic carbocycles. The number of thioether (sulfide) groups is 1. The van der Waals surface area contributed by atoms with Gasteiger partial charge in [-0.05, 0) is 24.3 Å². The fraction of sp³-hybridized carbons (Fsp3) is 0.188. The number of thiazole rings is 1. The van der Waals surface area contributed by atoms with Gasteiger partial charge in [-0.3, -0.25) is 10.1 Å². The van der Waals surface area contributed by atoms with Crippen molar-refractivity contribution in [3.8, 4) is 0 Å². The molecule has 0 bridgehead atoms. The first kappa shape index (κ1) is 17.0. The second kappa shape index (κ2) is 7.83. The van der Waals surface area contributed by atoms with Gasteiger partial charge in [0.2, 0.25) is 5.89 Å². The van der Waals surface area contributed by atoms with Crippen LogP contribution < -0.4 is 5.32 Å². The molecule has 0 atom stereocenters. The van der Waals surface area contributed by atoms with Crippen LogP contribution in [0.3, 0.4) is 0 Å². The third kappa shape index (κ3) is 4.37. The van der Waals surface area contributed by atoms with Crippen LogP contribution in [0.5, 0.6) is 0 Å². The second-order valence-corrected chi connectivity index (χ2v) is 7.55. The first-order chi connectivity index (χ1) is 11.6. The Morgan fingerprint density at radius 3 is 2.79 bits per heavy atom. The maximum atomic E-state index is 12.1. The van der Waals surface area contributed by atoms with Crippen LogP contribution in [0.15, 0.2) is 45.3 Å². The highest BCUT2D eigenvalue weighted by Crippen LogP contribution is 2.30. The summed E-state index contributed by atoms with van der Waals surface area (Å²) in [7, 11) is 0. The molecule has 5 nitrogen and oxygen atoms in total. The Labute approximate surface area is 152 Å². The Balaban J connectivity index is 1.56. The molecule has 2 aromatic heterocycles. The van der Waals surface area contributed by atoms with Crippen LogP contribution in [-0.2, 0) is 12.2 Å². The van der Waals surface area contributed by atoms with Gasteiger partial charge < -0.3 is 4.42 Å². The van der Waals surface area contributed by atoms with Crippen molar-refractivity contribution in [1.82, 2.24) is 9.97 Å². The number of carbonyl (C=O) groups is 1. The zero-order chi connectivity index (χ0) is 16.9. The minimum atomic E-state index is -0.210. The standard InChI is InChI=1S/C16H14ClN3O2S2/c1-2-12-7-18-13(22-12)9-23-14-8-19-16(24-14)20-15(21)10-3-5-11(17)6-4-10/h3-8H,2,9H2,1H3,(H,19,20,21). The predicted octanol–water partition coefficient (Wildman–Crippen LogP) is 4.89. The van der Waals surface area contributed by atoms with Crippen LogP contribution >= 0.6 is 34.7 Å². The average Bonchev–Trinajstić information content (AvgIpc) is 3.22. The van der Waals surface area contributed by atoms with Crippen LogP contribution in [0.2, 0.25) is 5.02 Å². The largest absolute Gasteiger partial charge is 0.445 e. The van der Waals surface area contributed by atoms with E-state index < -0.39 is 0 Å². The van der Waals surface area contributed by atoms with Gasteiger partial charge in [0.1, 0.15) is 5.76 Å². The van der Waals surface area contributed by atoms with E-state index in [1.54, 1.807) is 48.4 Å². The summed E-state index contributed by atoms with van der Waals surface area (Å²) in [5.41, 5.74) is 0.538. The fourth-order valence-corrected chi connectivity index (χ4v) is 3.71. The minimum Gasteiger partial charge on any atom is -0.445 e. The summed E-state index contributed by atoms with van der Waals surface area (Å²) in [6, 6.07) is 6.71. The molecule has 0 saturated heterocycles. The lowest BCUT2D eigenvalue weighted by Crippen LogP contribution is -2.11. The summed E-state index contributed by atoms with van der Waals surface area (Å²) in [5.74, 6) is 1.99. The van der Waals surface area contributed by atoms with Gasteiger partial charge in [0.25, 0.3) is 5.91 Å². The number of amides is 1. The number of benzene rings is 1. The molecule has 3 aromatic rings. The highest BCUT2D eigenvalue weighted by atomic mass is 35.5. The molecule has 8 heteroatoms. The van der Waals surface area contributed by atoms with E-state index in [0.29, 0.717) is 27.4 Å². The zero-order valence-corrected chi connectivity index (χ0v) is 15.2. The Hall–Kier alpha value is -1.83. The SMILES string of the molecule is CCc1cnc(CSc2cnc(NC(=O)c3ccc(Cl)cc3)s2)o1. The van der Waals surface area contributed by atoms with Gasteiger partial charge >= 0.3 is 0 Å². The molecule has 1 amide bonds. The summed E-state index contributed by atoms with van der Waals surface area (Å²) in [6.07, 6.45) is 4.32. The van der Waals surface area contributed by atoms with Crippen LogP contribution in [-0.4, -0.2) is 15.9 Å². The molecular weight excluding hydrogens is 366 g/mol. The van der Waals surface area contributed by atoms with Crippen molar-refractivity contribution < 1.29 is 9.21 Å². The number of oxazole rings is 1. The molecule has 124 valence electrons. The smallest absolute Gasteiger partial charge is 0.257 e. The lowest BCUT2D eigenvalue weighted by Gasteiger charge is -2.01. The molecule has 1 N–H and O–H groups in total. The Morgan fingerprint density at radius 2 is 2.08 bits per heavy atom. The van der Waals surface area contributed by atoms with Crippen LogP contribution in [0.1, 0.15) is 28.9 Å². The van der Waals surface area contributed by atoms with E-state index in [-0.39, 0.29) is 5.91 Å². The van der Waals surface area contributed by atoms with Crippen molar-refractivity contribution in [2.75, 3.05) is 5.32 Å². The summed E-state index contributed by atoms with van der Waals surface area (Å²) in [4.78, 5) is 20.6. The van der Waals surface area contributed by atoms with Crippen molar-refractivity contribution in [2.24, 2.45) is 0 Å². The first-order valence-corrected chi connectivity index (χ1v) is 9.41. The molecule has 0 aliphatic rings. The van der Waals surface area contributed by atoms with E-state index in [1.807, 2.05) is 6.92 Å². The number of hydrogen-bond donors (Lipinski definition) is 1. The molecule has 24 heavy (non-hydrogen) atoms. The Morgan fingerprint density at radius 1 is 1.29 bits per heavy atom. The van der Waals surface area contributed by atoms with Crippen molar-refractivity contribution in [1.29, 1.82) is 0 Å². The number of nitrogens with zero attached hydrogens (tertiary/aromatic N) is 2. The van der Waals surface area contributed by atoms with Gasteiger partial charge in [0, 0.05) is 17.0 Å². The topological polar surface area (TPSA) is 68.0 Å². The van der Waals surface area contributed by atoms with Gasteiger partial charge in [-0.1, -0.05) is 29.9 Å². The fourth-order valence-electron chi connectivity index (χ4n) is 1.87. The van der Waals surface area contributed by atoms with Crippen LogP contribution in [0, 0.1) is 0 Å². The zero-order valence-electron chi connectivity index (χ0n) is 12.8. The van der Waals surface area contributed by atoms with E-state index in [4.69, 9.17) is 16.0 Å². The highest BCUT2D eigenvalue weighted by Gasteiger charge is 2.10. The lowest BCUT2D eigenvalue weighted by molar-refractivity contribution is 0.102. The van der Waals surface area contributed by atoms with Gasteiger partial charge in [0.05, 0.1) is 22.4 Å². The molecule has 2 heterocycles. The van der Waals surface area contributed by atoms with E-state index in [0.717, 1.165) is 16.4 Å². The quantitative estimate of drug-likeness (QED) is 0.617. The van der Waals surface area contributed by atoms with Crippen molar-refractivity contribution >= 4 is 45.7 Å². The Bertz CT molecular complexity index is 830. The molecule has 0 radical (unpaired) electrons. The summed E-state index contributed by atoms with van der Waals surface area (Å²) in [5, 5.41) is 3.93. The minimum absolute atomic E-state index is 0.210. The number of carbonyl (C=O) groups excluding carboxylic acids is 1. The third-order valence-corrected chi connectivity index (χ3v) is 5.44. The number of nitrogens with one attached hydrogen (secondary N) is 1. The van der Waals surface area contributed by atoms with Gasteiger partial charge in [-0.2, -0.15) is 0 Å². The average molecular weight is 380 g/mol. The van der Waals surface area contributed by atoms with Gasteiger partial charge in [-0.15, -0.1) is 11.8 Å². The summed E-state index contributed by atoms with van der Waals surface area (Å²) < 4.78 is 6.55. The van der Waals surface area contributed by atoms with Crippen LogP contribution in [0.4, 0.5) is 5.13 Å². The number of aromatic nitrogens is 2. The monoisotopic (exact) mass is 379 g/mol. The van der Waals surface area contributed by atoms with E-state index in [2.05, 4.69) is 15.3 Å². The number of rotatable bonds is 6. The van der Waals surface area contributed by atoms with Gasteiger partial charge in [0.15, 0.2) is 5.13 Å². The third-order valence-electron chi connectivity index (χ3n) is 3.10. The molecule has 0 unspecified atom stereocenters. The lowest BCUT2D eigenvalue weighted by atomic mass is 10.2. The van der Waals surface area contributed by atoms with E-state index in [9.17, 15) is 4.79 Å². The number of halogens is 1. The molecular formula is C16H14ClN3O2S2. The maximum Gasteiger partial charge on any atom is 0.257 e.